The Morgan fingerprint density at radius 3 is 2.64 bits per heavy atom. The number of nitrogens with one attached hydrogen (secondary N) is 2. The zero-order valence-electron chi connectivity index (χ0n) is 18.1. The molecule has 2 aliphatic rings. The molecule has 176 valence electrons. The molecular weight excluding hydrogens is 450 g/mol. The number of aliphatic hydroxyl groups is 2. The van der Waals surface area contributed by atoms with Gasteiger partial charge in [0.05, 0.1) is 22.7 Å². The van der Waals surface area contributed by atoms with E-state index in [4.69, 9.17) is 31.3 Å². The van der Waals surface area contributed by atoms with Crippen molar-refractivity contribution >= 4 is 34.9 Å². The third-order valence-electron chi connectivity index (χ3n) is 5.88. The van der Waals surface area contributed by atoms with Crippen LogP contribution >= 0.6 is 11.6 Å². The van der Waals surface area contributed by atoms with E-state index in [1.165, 1.54) is 4.90 Å². The molecular formula is C23H26ClN3O6. The fourth-order valence-electron chi connectivity index (χ4n) is 4.30. The van der Waals surface area contributed by atoms with Gasteiger partial charge >= 0.3 is 12.5 Å². The van der Waals surface area contributed by atoms with Crippen LogP contribution in [0.2, 0.25) is 5.02 Å². The highest BCUT2D eigenvalue weighted by molar-refractivity contribution is 6.34. The maximum absolute atomic E-state index is 13.0. The van der Waals surface area contributed by atoms with E-state index in [2.05, 4.69) is 10.6 Å². The quantitative estimate of drug-likeness (QED) is 0.474. The summed E-state index contributed by atoms with van der Waals surface area (Å²) in [5, 5.41) is 24.5. The number of benzene rings is 2. The summed E-state index contributed by atoms with van der Waals surface area (Å²) in [6, 6.07) is 11.4. The monoisotopic (exact) mass is 475 g/mol. The third kappa shape index (κ3) is 5.06. The first-order chi connectivity index (χ1) is 15.8. The summed E-state index contributed by atoms with van der Waals surface area (Å²) in [7, 11) is 0. The molecule has 2 aromatic carbocycles. The minimum Gasteiger partial charge on any atom is -0.441 e. The molecule has 0 unspecified atom stereocenters. The summed E-state index contributed by atoms with van der Waals surface area (Å²) in [4.78, 5) is 27.3. The number of halogens is 1. The van der Waals surface area contributed by atoms with E-state index in [0.717, 1.165) is 0 Å². The van der Waals surface area contributed by atoms with Gasteiger partial charge in [0.2, 0.25) is 5.91 Å². The van der Waals surface area contributed by atoms with Crippen molar-refractivity contribution < 1.29 is 29.3 Å². The van der Waals surface area contributed by atoms with Gasteiger partial charge in [0, 0.05) is 31.0 Å². The van der Waals surface area contributed by atoms with E-state index >= 15 is 0 Å². The second kappa shape index (κ2) is 9.56. The average Bonchev–Trinajstić information content (AvgIpc) is 2.75. The van der Waals surface area contributed by atoms with Gasteiger partial charge in [-0.05, 0) is 43.5 Å². The lowest BCUT2D eigenvalue weighted by Gasteiger charge is -2.43. The number of aliphatic hydroxyl groups excluding tert-OH is 1. The number of rotatable bonds is 6. The molecule has 2 saturated heterocycles. The molecule has 2 fully saturated rings. The van der Waals surface area contributed by atoms with Crippen molar-refractivity contribution in [2.45, 2.75) is 44.2 Å². The Balaban J connectivity index is 1.56. The first-order valence-electron chi connectivity index (χ1n) is 10.7. The standard InChI is InChI=1S/C23H26ClN3O6/c1-23(13-19(28)27(21(29)26-23)15-8-10-32-11-9-15)17-6-3-7-18(20(17)24)25-14-4-2-5-16(12-14)33-22(30)31/h2-7,12,15,22,25,30-31H,8-11,13H2,1H3,(H,26,29)/t23-/m0/s1. The zero-order valence-corrected chi connectivity index (χ0v) is 18.8. The molecule has 2 aromatic rings. The minimum absolute atomic E-state index is 0.0803. The number of imide groups is 1. The lowest BCUT2D eigenvalue weighted by Crippen LogP contribution is -2.62. The molecule has 33 heavy (non-hydrogen) atoms. The number of nitrogens with zero attached hydrogens (tertiary/aromatic N) is 1. The third-order valence-corrected chi connectivity index (χ3v) is 6.29. The molecule has 0 aromatic heterocycles. The lowest BCUT2D eigenvalue weighted by molar-refractivity contribution is -0.179. The number of amides is 3. The Bertz CT molecular complexity index is 1020. The van der Waals surface area contributed by atoms with E-state index in [0.29, 0.717) is 48.0 Å². The van der Waals surface area contributed by atoms with Gasteiger partial charge in [0.15, 0.2) is 0 Å². The van der Waals surface area contributed by atoms with Crippen LogP contribution in [0.5, 0.6) is 5.75 Å². The van der Waals surface area contributed by atoms with Gasteiger partial charge in [0.1, 0.15) is 5.75 Å². The Labute approximate surface area is 196 Å². The normalized spacial score (nSPS) is 21.8. The van der Waals surface area contributed by atoms with E-state index in [-0.39, 0.29) is 24.1 Å². The summed E-state index contributed by atoms with van der Waals surface area (Å²) < 4.78 is 10.2. The van der Waals surface area contributed by atoms with Crippen LogP contribution in [0.1, 0.15) is 31.7 Å². The van der Waals surface area contributed by atoms with Gasteiger partial charge in [-0.1, -0.05) is 29.8 Å². The zero-order chi connectivity index (χ0) is 23.6. The van der Waals surface area contributed by atoms with Crippen LogP contribution in [0.4, 0.5) is 16.2 Å². The van der Waals surface area contributed by atoms with Crippen LogP contribution in [0.25, 0.3) is 0 Å². The first-order valence-corrected chi connectivity index (χ1v) is 11.1. The van der Waals surface area contributed by atoms with Gasteiger partial charge in [-0.15, -0.1) is 0 Å². The number of ether oxygens (including phenoxy) is 2. The molecule has 2 aliphatic heterocycles. The van der Waals surface area contributed by atoms with E-state index in [1.54, 1.807) is 49.4 Å². The van der Waals surface area contributed by atoms with Crippen molar-refractivity contribution in [3.8, 4) is 5.75 Å². The molecule has 9 nitrogen and oxygen atoms in total. The Morgan fingerprint density at radius 1 is 1.21 bits per heavy atom. The smallest absolute Gasteiger partial charge is 0.325 e. The predicted octanol–water partition coefficient (Wildman–Crippen LogP) is 3.07. The van der Waals surface area contributed by atoms with Crippen LogP contribution in [0.3, 0.4) is 0 Å². The number of hydrogen-bond acceptors (Lipinski definition) is 7. The van der Waals surface area contributed by atoms with Crippen molar-refractivity contribution in [1.82, 2.24) is 10.2 Å². The first kappa shape index (κ1) is 23.3. The number of carbonyl (C=O) groups is 2. The van der Waals surface area contributed by atoms with Crippen molar-refractivity contribution in [1.29, 1.82) is 0 Å². The summed E-state index contributed by atoms with van der Waals surface area (Å²) >= 11 is 6.72. The van der Waals surface area contributed by atoms with Gasteiger partial charge in [-0.3, -0.25) is 9.69 Å². The number of anilines is 2. The largest absolute Gasteiger partial charge is 0.441 e. The topological polar surface area (TPSA) is 120 Å². The van der Waals surface area contributed by atoms with Gasteiger partial charge in [-0.2, -0.15) is 0 Å². The minimum atomic E-state index is -1.93. The van der Waals surface area contributed by atoms with E-state index in [1.807, 2.05) is 0 Å². The molecule has 10 heteroatoms. The van der Waals surface area contributed by atoms with Gasteiger partial charge in [0.25, 0.3) is 0 Å². The summed E-state index contributed by atoms with van der Waals surface area (Å²) in [5.41, 5.74) is 0.800. The van der Waals surface area contributed by atoms with Crippen molar-refractivity contribution in [3.05, 3.63) is 53.1 Å². The number of carbonyl (C=O) groups excluding carboxylic acids is 2. The van der Waals surface area contributed by atoms with Crippen LogP contribution < -0.4 is 15.4 Å². The molecule has 0 bridgehead atoms. The molecule has 2 heterocycles. The van der Waals surface area contributed by atoms with Gasteiger partial charge < -0.3 is 30.3 Å². The van der Waals surface area contributed by atoms with Gasteiger partial charge in [-0.25, -0.2) is 4.79 Å². The highest BCUT2D eigenvalue weighted by atomic mass is 35.5. The molecule has 1 atom stereocenters. The van der Waals surface area contributed by atoms with Crippen LogP contribution in [-0.4, -0.2) is 52.8 Å². The van der Waals surface area contributed by atoms with Crippen LogP contribution in [-0.2, 0) is 15.1 Å². The Morgan fingerprint density at radius 2 is 1.94 bits per heavy atom. The second-order valence-corrected chi connectivity index (χ2v) is 8.69. The highest BCUT2D eigenvalue weighted by Gasteiger charge is 2.44. The molecule has 0 radical (unpaired) electrons. The summed E-state index contributed by atoms with van der Waals surface area (Å²) in [6.07, 6.45) is 1.34. The Hall–Kier alpha value is -2.85. The number of hydrogen-bond donors (Lipinski definition) is 4. The molecule has 0 spiro atoms. The SMILES string of the molecule is C[C@@]1(c2cccc(Nc3cccc(OC(O)O)c3)c2Cl)CC(=O)N(C2CCOCC2)C(=O)N1. The predicted molar refractivity (Wildman–Crippen MR) is 121 cm³/mol. The van der Waals surface area contributed by atoms with E-state index in [9.17, 15) is 9.59 Å². The van der Waals surface area contributed by atoms with Crippen molar-refractivity contribution in [2.24, 2.45) is 0 Å². The Kier molecular flexibility index (Phi) is 6.76. The lowest BCUT2D eigenvalue weighted by atomic mass is 9.85. The second-order valence-electron chi connectivity index (χ2n) is 8.31. The molecule has 0 saturated carbocycles. The van der Waals surface area contributed by atoms with E-state index < -0.39 is 18.0 Å². The molecule has 4 rings (SSSR count). The summed E-state index contributed by atoms with van der Waals surface area (Å²) in [5.74, 6) is 0.0163. The molecule has 0 aliphatic carbocycles. The summed E-state index contributed by atoms with van der Waals surface area (Å²) in [6.45, 7) is 0.913. The van der Waals surface area contributed by atoms with Crippen molar-refractivity contribution in [2.75, 3.05) is 18.5 Å². The van der Waals surface area contributed by atoms with Crippen molar-refractivity contribution in [3.63, 3.8) is 0 Å². The van der Waals surface area contributed by atoms with Crippen LogP contribution in [0.15, 0.2) is 42.5 Å². The maximum Gasteiger partial charge on any atom is 0.325 e. The maximum atomic E-state index is 13.0. The number of urea groups is 1. The highest BCUT2D eigenvalue weighted by Crippen LogP contribution is 2.39. The fourth-order valence-corrected chi connectivity index (χ4v) is 4.68. The fraction of sp³-hybridized carbons (Fsp3) is 0.391. The molecule has 3 amide bonds. The average molecular weight is 476 g/mol. The van der Waals surface area contributed by atoms with Crippen LogP contribution in [0, 0.1) is 0 Å². The molecule has 4 N–H and O–H groups in total.